The fraction of sp³-hybridized carbons (Fsp3) is 0.160. The summed E-state index contributed by atoms with van der Waals surface area (Å²) in [5.74, 6) is -0.469. The SMILES string of the molecule is CCOC(=O)C1=C(C)N=c2s/c(=C/c3ccc(Cl)cc3)c(=O)n2[C@@H]1/C=C/c1ccccc1. The number of fused-ring (bicyclic) bond motifs is 1. The lowest BCUT2D eigenvalue weighted by Crippen LogP contribution is -2.38. The molecule has 0 saturated heterocycles. The summed E-state index contributed by atoms with van der Waals surface area (Å²) in [5.41, 5.74) is 2.53. The number of rotatable bonds is 5. The molecule has 1 aliphatic heterocycles. The lowest BCUT2D eigenvalue weighted by Gasteiger charge is -2.21. The second-order valence-electron chi connectivity index (χ2n) is 7.17. The third-order valence-corrected chi connectivity index (χ3v) is 6.23. The first-order valence-corrected chi connectivity index (χ1v) is 11.4. The zero-order valence-corrected chi connectivity index (χ0v) is 19.2. The molecule has 32 heavy (non-hydrogen) atoms. The van der Waals surface area contributed by atoms with Crippen molar-refractivity contribution < 1.29 is 9.53 Å². The second kappa shape index (κ2) is 9.51. The fourth-order valence-electron chi connectivity index (χ4n) is 3.49. The van der Waals surface area contributed by atoms with Gasteiger partial charge >= 0.3 is 5.97 Å². The van der Waals surface area contributed by atoms with Crippen LogP contribution >= 0.6 is 22.9 Å². The third kappa shape index (κ3) is 4.52. The number of esters is 1. The molecule has 7 heteroatoms. The Labute approximate surface area is 194 Å². The Balaban J connectivity index is 1.87. The minimum atomic E-state index is -0.613. The highest BCUT2D eigenvalue weighted by molar-refractivity contribution is 7.07. The minimum Gasteiger partial charge on any atom is -0.463 e. The molecule has 1 atom stereocenters. The standard InChI is InChI=1S/C25H21ClN2O3S/c1-3-31-24(30)22-16(2)27-25-28(20(22)14-11-17-7-5-4-6-8-17)23(29)21(32-25)15-18-9-12-19(26)13-10-18/h4-15,20H,3H2,1-2H3/b14-11+,21-15+/t20-/m1/s1. The smallest absolute Gasteiger partial charge is 0.338 e. The largest absolute Gasteiger partial charge is 0.463 e. The van der Waals surface area contributed by atoms with Gasteiger partial charge < -0.3 is 4.74 Å². The van der Waals surface area contributed by atoms with Gasteiger partial charge in [-0.15, -0.1) is 0 Å². The third-order valence-electron chi connectivity index (χ3n) is 5.00. The number of aromatic nitrogens is 1. The predicted octanol–water partition coefficient (Wildman–Crippen LogP) is 4.12. The molecule has 5 nitrogen and oxygen atoms in total. The van der Waals surface area contributed by atoms with Crippen molar-refractivity contribution in [2.24, 2.45) is 4.99 Å². The number of thiazole rings is 1. The number of carbonyl (C=O) groups is 1. The first-order valence-electron chi connectivity index (χ1n) is 10.2. The Morgan fingerprint density at radius 3 is 2.56 bits per heavy atom. The highest BCUT2D eigenvalue weighted by atomic mass is 35.5. The number of carbonyl (C=O) groups excluding carboxylic acids is 1. The summed E-state index contributed by atoms with van der Waals surface area (Å²) in [6, 6.07) is 16.4. The molecular weight excluding hydrogens is 444 g/mol. The molecule has 0 unspecified atom stereocenters. The van der Waals surface area contributed by atoms with E-state index in [1.54, 1.807) is 30.5 Å². The quantitative estimate of drug-likeness (QED) is 0.534. The highest BCUT2D eigenvalue weighted by Gasteiger charge is 2.30. The van der Waals surface area contributed by atoms with Gasteiger partial charge in [-0.2, -0.15) is 0 Å². The van der Waals surface area contributed by atoms with Crippen LogP contribution in [0.4, 0.5) is 0 Å². The maximum Gasteiger partial charge on any atom is 0.338 e. The van der Waals surface area contributed by atoms with Gasteiger partial charge in [0.2, 0.25) is 0 Å². The Morgan fingerprint density at radius 1 is 1.16 bits per heavy atom. The molecule has 0 bridgehead atoms. The molecule has 0 saturated carbocycles. The predicted molar refractivity (Wildman–Crippen MR) is 128 cm³/mol. The molecule has 0 N–H and O–H groups in total. The summed E-state index contributed by atoms with van der Waals surface area (Å²) < 4.78 is 7.37. The van der Waals surface area contributed by atoms with Crippen LogP contribution in [0, 0.1) is 0 Å². The van der Waals surface area contributed by atoms with Crippen molar-refractivity contribution in [1.29, 1.82) is 0 Å². The van der Waals surface area contributed by atoms with Crippen molar-refractivity contribution in [3.63, 3.8) is 0 Å². The monoisotopic (exact) mass is 464 g/mol. The average molecular weight is 465 g/mol. The Kier molecular flexibility index (Phi) is 6.53. The van der Waals surface area contributed by atoms with Crippen molar-refractivity contribution in [1.82, 2.24) is 4.57 Å². The summed E-state index contributed by atoms with van der Waals surface area (Å²) >= 11 is 7.26. The summed E-state index contributed by atoms with van der Waals surface area (Å²) in [6.07, 6.45) is 5.56. The molecule has 162 valence electrons. The Bertz CT molecular complexity index is 1380. The van der Waals surface area contributed by atoms with E-state index < -0.39 is 12.0 Å². The molecule has 0 radical (unpaired) electrons. The maximum atomic E-state index is 13.4. The lowest BCUT2D eigenvalue weighted by molar-refractivity contribution is -0.139. The van der Waals surface area contributed by atoms with Gasteiger partial charge in [-0.05, 0) is 43.2 Å². The van der Waals surface area contributed by atoms with E-state index in [4.69, 9.17) is 16.3 Å². The lowest BCUT2D eigenvalue weighted by atomic mass is 10.0. The van der Waals surface area contributed by atoms with Gasteiger partial charge in [-0.3, -0.25) is 9.36 Å². The number of benzene rings is 2. The fourth-order valence-corrected chi connectivity index (χ4v) is 4.67. The molecule has 0 amide bonds. The van der Waals surface area contributed by atoms with Gasteiger partial charge in [0, 0.05) is 5.02 Å². The van der Waals surface area contributed by atoms with Crippen LogP contribution in [-0.2, 0) is 9.53 Å². The molecule has 4 rings (SSSR count). The number of hydrogen-bond acceptors (Lipinski definition) is 5. The van der Waals surface area contributed by atoms with Crippen LogP contribution in [-0.4, -0.2) is 17.1 Å². The van der Waals surface area contributed by atoms with Crippen LogP contribution in [0.15, 0.2) is 81.7 Å². The van der Waals surface area contributed by atoms with E-state index >= 15 is 0 Å². The van der Waals surface area contributed by atoms with Crippen LogP contribution in [0.5, 0.6) is 0 Å². The number of ether oxygens (including phenoxy) is 1. The molecule has 0 fully saturated rings. The zero-order chi connectivity index (χ0) is 22.7. The van der Waals surface area contributed by atoms with E-state index in [0.29, 0.717) is 25.6 Å². The van der Waals surface area contributed by atoms with Crippen molar-refractivity contribution in [2.45, 2.75) is 19.9 Å². The summed E-state index contributed by atoms with van der Waals surface area (Å²) in [4.78, 5) is 31.3. The average Bonchev–Trinajstić information content (AvgIpc) is 3.09. The van der Waals surface area contributed by atoms with Crippen molar-refractivity contribution in [2.75, 3.05) is 6.61 Å². The summed E-state index contributed by atoms with van der Waals surface area (Å²) in [7, 11) is 0. The van der Waals surface area contributed by atoms with E-state index in [1.807, 2.05) is 60.7 Å². The minimum absolute atomic E-state index is 0.208. The van der Waals surface area contributed by atoms with Crippen LogP contribution in [0.2, 0.25) is 5.02 Å². The number of nitrogens with zero attached hydrogens (tertiary/aromatic N) is 2. The second-order valence-corrected chi connectivity index (χ2v) is 8.61. The van der Waals surface area contributed by atoms with Gasteiger partial charge in [0.25, 0.3) is 5.56 Å². The highest BCUT2D eigenvalue weighted by Crippen LogP contribution is 2.26. The zero-order valence-electron chi connectivity index (χ0n) is 17.6. The van der Waals surface area contributed by atoms with E-state index in [9.17, 15) is 9.59 Å². The summed E-state index contributed by atoms with van der Waals surface area (Å²) in [5, 5.41) is 0.629. The maximum absolute atomic E-state index is 13.4. The van der Waals surface area contributed by atoms with Gasteiger partial charge in [-0.25, -0.2) is 9.79 Å². The molecule has 0 spiro atoms. The first kappa shape index (κ1) is 22.0. The Hall–Kier alpha value is -3.22. The molecular formula is C25H21ClN2O3S. The summed E-state index contributed by atoms with van der Waals surface area (Å²) in [6.45, 7) is 3.77. The van der Waals surface area contributed by atoms with E-state index in [0.717, 1.165) is 11.1 Å². The molecule has 3 aromatic rings. The normalized spacial score (nSPS) is 16.2. The molecule has 2 aromatic carbocycles. The van der Waals surface area contributed by atoms with E-state index in [2.05, 4.69) is 4.99 Å². The topological polar surface area (TPSA) is 60.7 Å². The number of allylic oxidation sites excluding steroid dienone is 2. The van der Waals surface area contributed by atoms with Crippen molar-refractivity contribution >= 4 is 41.1 Å². The van der Waals surface area contributed by atoms with Crippen LogP contribution < -0.4 is 14.9 Å². The van der Waals surface area contributed by atoms with Crippen LogP contribution in [0.1, 0.15) is 31.0 Å². The van der Waals surface area contributed by atoms with E-state index in [1.165, 1.54) is 11.3 Å². The van der Waals surface area contributed by atoms with Crippen molar-refractivity contribution in [3.8, 4) is 0 Å². The molecule has 2 heterocycles. The van der Waals surface area contributed by atoms with E-state index in [-0.39, 0.29) is 12.2 Å². The molecule has 1 aliphatic rings. The molecule has 1 aromatic heterocycles. The van der Waals surface area contributed by atoms with Gasteiger partial charge in [-0.1, -0.05) is 77.6 Å². The van der Waals surface area contributed by atoms with Gasteiger partial charge in [0.15, 0.2) is 4.80 Å². The van der Waals surface area contributed by atoms with Gasteiger partial charge in [0.05, 0.1) is 28.5 Å². The Morgan fingerprint density at radius 2 is 1.88 bits per heavy atom. The van der Waals surface area contributed by atoms with Gasteiger partial charge in [0.1, 0.15) is 0 Å². The van der Waals surface area contributed by atoms with Crippen LogP contribution in [0.25, 0.3) is 12.2 Å². The first-order chi connectivity index (χ1) is 15.5. The molecule has 0 aliphatic carbocycles. The van der Waals surface area contributed by atoms with Crippen LogP contribution in [0.3, 0.4) is 0 Å². The van der Waals surface area contributed by atoms with Crippen molar-refractivity contribution in [3.05, 3.63) is 108 Å². The number of halogens is 1. The number of hydrogen-bond donors (Lipinski definition) is 0.